The van der Waals surface area contributed by atoms with Gasteiger partial charge in [0, 0.05) is 6.04 Å². The highest BCUT2D eigenvalue weighted by atomic mass is 16.3. The van der Waals surface area contributed by atoms with Crippen molar-refractivity contribution in [2.24, 2.45) is 0 Å². The van der Waals surface area contributed by atoms with E-state index >= 15 is 0 Å². The van der Waals surface area contributed by atoms with Gasteiger partial charge in [0.15, 0.2) is 0 Å². The maximum absolute atomic E-state index is 9.45. The number of aliphatic hydroxyl groups is 1. The van der Waals surface area contributed by atoms with Crippen molar-refractivity contribution in [3.05, 3.63) is 0 Å². The fourth-order valence-electron chi connectivity index (χ4n) is 0.698. The van der Waals surface area contributed by atoms with Crippen LogP contribution in [0, 0.1) is 0 Å². The lowest BCUT2D eigenvalue weighted by Gasteiger charge is -2.29. The van der Waals surface area contributed by atoms with E-state index < -0.39 is 0 Å². The Morgan fingerprint density at radius 1 is 1.00 bits per heavy atom. The van der Waals surface area contributed by atoms with Crippen LogP contribution in [0.5, 0.6) is 0 Å². The summed E-state index contributed by atoms with van der Waals surface area (Å²) in [4.78, 5) is 3.79. The first-order valence-corrected chi connectivity index (χ1v) is 3.47. The normalized spacial score (nSPS) is 18.0. The molecule has 0 spiro atoms. The fraction of sp³-hybridized carbons (Fsp3) is 1.00. The summed E-state index contributed by atoms with van der Waals surface area (Å²) in [6.07, 6.45) is -0.380. The van der Waals surface area contributed by atoms with Crippen molar-refractivity contribution < 1.29 is 5.11 Å². The number of hydrogen-bond donors (Lipinski definition) is 1. The molecule has 10 heavy (non-hydrogen) atoms. The first-order chi connectivity index (χ1) is 4.46. The lowest BCUT2D eigenvalue weighted by Crippen LogP contribution is -2.44. The van der Waals surface area contributed by atoms with Crippen molar-refractivity contribution >= 4 is 0 Å². The summed E-state index contributed by atoms with van der Waals surface area (Å²) < 4.78 is 0. The molecule has 0 aliphatic heterocycles. The molecule has 0 aliphatic rings. The molecule has 2 unspecified atom stereocenters. The third-order valence-electron chi connectivity index (χ3n) is 1.78. The number of rotatable bonds is 3. The topological polar surface area (TPSA) is 26.7 Å². The molecule has 0 aromatic carbocycles. The molecule has 3 nitrogen and oxygen atoms in total. The van der Waals surface area contributed by atoms with Gasteiger partial charge in [-0.25, -0.2) is 0 Å². The predicted molar refractivity (Wildman–Crippen MR) is 42.8 cm³/mol. The molecule has 1 N–H and O–H groups in total. The van der Waals surface area contributed by atoms with E-state index in [1.807, 2.05) is 40.0 Å². The molecular weight excluding hydrogens is 128 g/mol. The number of hydrogen-bond acceptors (Lipinski definition) is 3. The third kappa shape index (κ3) is 2.64. The first kappa shape index (κ1) is 9.88. The molecule has 0 fully saturated rings. The minimum Gasteiger partial charge on any atom is -0.377 e. The molecule has 0 aromatic rings. The molecule has 0 rings (SSSR count). The lowest BCUT2D eigenvalue weighted by atomic mass is 10.2. The Balaban J connectivity index is 3.81. The van der Waals surface area contributed by atoms with Gasteiger partial charge in [-0.3, -0.25) is 4.90 Å². The summed E-state index contributed by atoms with van der Waals surface area (Å²) in [6, 6.07) is 0.176. The minimum atomic E-state index is -0.380. The van der Waals surface area contributed by atoms with Crippen molar-refractivity contribution in [1.82, 2.24) is 9.80 Å². The zero-order chi connectivity index (χ0) is 8.31. The van der Waals surface area contributed by atoms with Gasteiger partial charge in [-0.05, 0) is 35.1 Å². The van der Waals surface area contributed by atoms with Gasteiger partial charge in [0.25, 0.3) is 0 Å². The summed E-state index contributed by atoms with van der Waals surface area (Å²) in [7, 11) is 7.64. The summed E-state index contributed by atoms with van der Waals surface area (Å²) in [5, 5.41) is 9.45. The molecule has 0 saturated heterocycles. The Morgan fingerprint density at radius 3 is 1.50 bits per heavy atom. The zero-order valence-electron chi connectivity index (χ0n) is 7.50. The van der Waals surface area contributed by atoms with Gasteiger partial charge in [0.2, 0.25) is 0 Å². The Labute approximate surface area is 63.2 Å². The molecule has 0 aliphatic carbocycles. The van der Waals surface area contributed by atoms with Gasteiger partial charge in [0.05, 0.1) is 0 Å². The van der Waals surface area contributed by atoms with Gasteiger partial charge in [-0.15, -0.1) is 0 Å². The third-order valence-corrected chi connectivity index (χ3v) is 1.78. The second-order valence-electron chi connectivity index (χ2n) is 3.08. The number of nitrogens with zero attached hydrogens (tertiary/aromatic N) is 2. The maximum atomic E-state index is 9.45. The van der Waals surface area contributed by atoms with E-state index in [1.165, 1.54) is 0 Å². The van der Waals surface area contributed by atoms with Crippen LogP contribution in [0.1, 0.15) is 6.92 Å². The zero-order valence-corrected chi connectivity index (χ0v) is 7.50. The van der Waals surface area contributed by atoms with E-state index in [9.17, 15) is 5.11 Å². The van der Waals surface area contributed by atoms with Crippen LogP contribution in [0.15, 0.2) is 0 Å². The van der Waals surface area contributed by atoms with Crippen LogP contribution in [-0.2, 0) is 0 Å². The van der Waals surface area contributed by atoms with E-state index in [-0.39, 0.29) is 12.3 Å². The Kier molecular flexibility index (Phi) is 3.86. The summed E-state index contributed by atoms with van der Waals surface area (Å²) in [5.74, 6) is 0. The average molecular weight is 146 g/mol. The SMILES string of the molecule is CC(C(O)N(C)C)N(C)C. The molecular formula is C7H18N2O. The largest absolute Gasteiger partial charge is 0.377 e. The van der Waals surface area contributed by atoms with Crippen molar-refractivity contribution in [3.8, 4) is 0 Å². The average Bonchev–Trinajstić information content (AvgIpc) is 1.84. The van der Waals surface area contributed by atoms with E-state index in [0.717, 1.165) is 0 Å². The second kappa shape index (κ2) is 3.91. The van der Waals surface area contributed by atoms with Crippen LogP contribution in [0.3, 0.4) is 0 Å². The molecule has 0 amide bonds. The molecule has 0 radical (unpaired) electrons. The van der Waals surface area contributed by atoms with Gasteiger partial charge >= 0.3 is 0 Å². The molecule has 3 heteroatoms. The van der Waals surface area contributed by atoms with Crippen molar-refractivity contribution in [2.45, 2.75) is 19.2 Å². The monoisotopic (exact) mass is 146 g/mol. The smallest absolute Gasteiger partial charge is 0.122 e. The summed E-state index contributed by atoms with van der Waals surface area (Å²) in [5.41, 5.74) is 0. The molecule has 62 valence electrons. The lowest BCUT2D eigenvalue weighted by molar-refractivity contribution is -0.0169. The molecule has 2 atom stereocenters. The molecule has 0 bridgehead atoms. The Bertz CT molecular complexity index is 81.6. The maximum Gasteiger partial charge on any atom is 0.122 e. The minimum absolute atomic E-state index is 0.176. The van der Waals surface area contributed by atoms with Crippen LogP contribution in [0.2, 0.25) is 0 Å². The van der Waals surface area contributed by atoms with Gasteiger partial charge in [-0.1, -0.05) is 0 Å². The predicted octanol–water partition coefficient (Wildman–Crippen LogP) is -0.183. The van der Waals surface area contributed by atoms with E-state index in [1.54, 1.807) is 4.90 Å². The summed E-state index contributed by atoms with van der Waals surface area (Å²) in [6.45, 7) is 1.99. The Hall–Kier alpha value is -0.120. The highest BCUT2D eigenvalue weighted by molar-refractivity contribution is 4.67. The number of aliphatic hydroxyl groups excluding tert-OH is 1. The van der Waals surface area contributed by atoms with Crippen molar-refractivity contribution in [3.63, 3.8) is 0 Å². The van der Waals surface area contributed by atoms with Gasteiger partial charge in [-0.2, -0.15) is 0 Å². The highest BCUT2D eigenvalue weighted by Gasteiger charge is 2.16. The summed E-state index contributed by atoms with van der Waals surface area (Å²) >= 11 is 0. The van der Waals surface area contributed by atoms with Crippen LogP contribution in [-0.4, -0.2) is 55.4 Å². The van der Waals surface area contributed by atoms with E-state index in [2.05, 4.69) is 0 Å². The van der Waals surface area contributed by atoms with E-state index in [4.69, 9.17) is 0 Å². The van der Waals surface area contributed by atoms with E-state index in [0.29, 0.717) is 0 Å². The van der Waals surface area contributed by atoms with Crippen LogP contribution in [0.25, 0.3) is 0 Å². The molecule has 0 heterocycles. The Morgan fingerprint density at radius 2 is 1.40 bits per heavy atom. The highest BCUT2D eigenvalue weighted by Crippen LogP contribution is 2.00. The van der Waals surface area contributed by atoms with Crippen molar-refractivity contribution in [1.29, 1.82) is 0 Å². The van der Waals surface area contributed by atoms with Crippen molar-refractivity contribution in [2.75, 3.05) is 28.2 Å². The standard InChI is InChI=1S/C7H18N2O/c1-6(8(2)3)7(10)9(4)5/h6-7,10H,1-5H3. The van der Waals surface area contributed by atoms with Crippen LogP contribution >= 0.6 is 0 Å². The fourth-order valence-corrected chi connectivity index (χ4v) is 0.698. The van der Waals surface area contributed by atoms with Crippen LogP contribution < -0.4 is 0 Å². The number of likely N-dealkylation sites (N-methyl/N-ethyl adjacent to an activating group) is 2. The molecule has 0 aromatic heterocycles. The quantitative estimate of drug-likeness (QED) is 0.559. The second-order valence-corrected chi connectivity index (χ2v) is 3.08. The van der Waals surface area contributed by atoms with Gasteiger partial charge in [0.1, 0.15) is 6.23 Å². The molecule has 0 saturated carbocycles. The van der Waals surface area contributed by atoms with Crippen LogP contribution in [0.4, 0.5) is 0 Å². The van der Waals surface area contributed by atoms with Gasteiger partial charge < -0.3 is 10.0 Å². The first-order valence-electron chi connectivity index (χ1n) is 3.47.